The summed E-state index contributed by atoms with van der Waals surface area (Å²) < 4.78 is 25.0. The van der Waals surface area contributed by atoms with Gasteiger partial charge in [0.2, 0.25) is 10.0 Å². The van der Waals surface area contributed by atoms with Gasteiger partial charge < -0.3 is 10.6 Å². The summed E-state index contributed by atoms with van der Waals surface area (Å²) in [7, 11) is 0.309. The van der Waals surface area contributed by atoms with E-state index in [0.29, 0.717) is 17.8 Å². The molecule has 1 aliphatic rings. The Bertz CT molecular complexity index is 459. The van der Waals surface area contributed by atoms with E-state index in [1.807, 2.05) is 11.8 Å². The monoisotopic (exact) mass is 350 g/mol. The van der Waals surface area contributed by atoms with Crippen LogP contribution in [-0.4, -0.2) is 68.7 Å². The highest BCUT2D eigenvalue weighted by Gasteiger charge is 2.29. The molecule has 0 aliphatic carbocycles. The molecule has 0 aromatic carbocycles. The van der Waals surface area contributed by atoms with Crippen molar-refractivity contribution in [3.8, 4) is 0 Å². The molecule has 1 atom stereocenters. The topological polar surface area (TPSA) is 73.8 Å². The lowest BCUT2D eigenvalue weighted by molar-refractivity contribution is 0.461. The Morgan fingerprint density at radius 1 is 1.41 bits per heavy atom. The van der Waals surface area contributed by atoms with E-state index in [0.717, 1.165) is 18.9 Å². The lowest BCUT2D eigenvalue weighted by Crippen LogP contribution is -2.44. The van der Waals surface area contributed by atoms with Gasteiger partial charge in [-0.05, 0) is 38.9 Å². The van der Waals surface area contributed by atoms with Crippen LogP contribution in [0.5, 0.6) is 0 Å². The molecule has 0 radical (unpaired) electrons. The fraction of sp³-hybridized carbons (Fsp3) is 0.929. The maximum atomic E-state index is 11.6. The molecule has 0 bridgehead atoms. The molecule has 1 rings (SSSR count). The molecular weight excluding hydrogens is 320 g/mol. The van der Waals surface area contributed by atoms with Crippen LogP contribution in [0.1, 0.15) is 33.1 Å². The van der Waals surface area contributed by atoms with E-state index in [4.69, 9.17) is 0 Å². The third kappa shape index (κ3) is 6.34. The maximum absolute atomic E-state index is 11.6. The number of nitrogens with one attached hydrogen (secondary N) is 2. The first-order valence-electron chi connectivity index (χ1n) is 7.85. The normalized spacial score (nSPS) is 23.0. The highest BCUT2D eigenvalue weighted by molar-refractivity contribution is 8.00. The summed E-state index contributed by atoms with van der Waals surface area (Å²) in [5.74, 6) is 2.17. The van der Waals surface area contributed by atoms with Crippen molar-refractivity contribution in [3.05, 3.63) is 0 Å². The molecule has 2 N–H and O–H groups in total. The lowest BCUT2D eigenvalue weighted by atomic mass is 10.1. The van der Waals surface area contributed by atoms with Crippen molar-refractivity contribution in [1.82, 2.24) is 14.9 Å². The predicted octanol–water partition coefficient (Wildman–Crippen LogP) is 1.11. The van der Waals surface area contributed by atoms with Crippen LogP contribution in [0, 0.1) is 0 Å². The minimum Gasteiger partial charge on any atom is -0.356 e. The van der Waals surface area contributed by atoms with Crippen molar-refractivity contribution < 1.29 is 8.42 Å². The summed E-state index contributed by atoms with van der Waals surface area (Å²) in [6.45, 7) is 6.08. The average Bonchev–Trinajstić information content (AvgIpc) is 2.93. The van der Waals surface area contributed by atoms with E-state index < -0.39 is 10.0 Å². The largest absolute Gasteiger partial charge is 0.356 e. The molecule has 0 spiro atoms. The van der Waals surface area contributed by atoms with E-state index in [2.05, 4.69) is 22.5 Å². The van der Waals surface area contributed by atoms with Gasteiger partial charge in [0.15, 0.2) is 5.96 Å². The number of nitrogens with zero attached hydrogens (tertiary/aromatic N) is 2. The molecule has 130 valence electrons. The van der Waals surface area contributed by atoms with E-state index in [9.17, 15) is 8.42 Å². The number of guanidine groups is 1. The standard InChI is InChI=1S/C14H30N4O2S2/c1-5-22(19,20)18(4)10-7-9-16-13(15-3)17-12-14(2)8-6-11-21-14/h5-12H2,1-4H3,(H2,15,16,17). The predicted molar refractivity (Wildman–Crippen MR) is 96.2 cm³/mol. The Kier molecular flexibility index (Phi) is 7.99. The molecule has 1 fully saturated rings. The molecule has 0 aromatic rings. The van der Waals surface area contributed by atoms with Crippen LogP contribution in [0.3, 0.4) is 0 Å². The van der Waals surface area contributed by atoms with Gasteiger partial charge in [0.1, 0.15) is 0 Å². The van der Waals surface area contributed by atoms with Crippen LogP contribution < -0.4 is 10.6 Å². The lowest BCUT2D eigenvalue weighted by Gasteiger charge is -2.24. The van der Waals surface area contributed by atoms with Gasteiger partial charge >= 0.3 is 0 Å². The maximum Gasteiger partial charge on any atom is 0.213 e. The van der Waals surface area contributed by atoms with Gasteiger partial charge in [-0.1, -0.05) is 0 Å². The number of rotatable bonds is 8. The van der Waals surface area contributed by atoms with E-state index in [-0.39, 0.29) is 5.75 Å². The number of hydrogen-bond acceptors (Lipinski definition) is 4. The smallest absolute Gasteiger partial charge is 0.213 e. The number of thioether (sulfide) groups is 1. The SMILES string of the molecule is CCS(=O)(=O)N(C)CCCNC(=NC)NCC1(C)CCCS1. The third-order valence-corrected chi connectivity index (χ3v) is 7.34. The number of hydrogen-bond donors (Lipinski definition) is 2. The minimum atomic E-state index is -3.08. The van der Waals surface area contributed by atoms with Crippen molar-refractivity contribution in [1.29, 1.82) is 0 Å². The second kappa shape index (κ2) is 8.98. The average molecular weight is 351 g/mol. The fourth-order valence-corrected chi connectivity index (χ4v) is 4.43. The first-order valence-corrected chi connectivity index (χ1v) is 10.4. The van der Waals surface area contributed by atoms with Crippen molar-refractivity contribution in [3.63, 3.8) is 0 Å². The van der Waals surface area contributed by atoms with Crippen LogP contribution in [-0.2, 0) is 10.0 Å². The van der Waals surface area contributed by atoms with Crippen molar-refractivity contribution in [2.75, 3.05) is 45.2 Å². The zero-order chi connectivity index (χ0) is 16.6. The minimum absolute atomic E-state index is 0.149. The quantitative estimate of drug-likeness (QED) is 0.390. The second-order valence-electron chi connectivity index (χ2n) is 5.83. The van der Waals surface area contributed by atoms with Gasteiger partial charge in [-0.15, -0.1) is 0 Å². The summed E-state index contributed by atoms with van der Waals surface area (Å²) in [6, 6.07) is 0. The highest BCUT2D eigenvalue weighted by Crippen LogP contribution is 2.36. The number of sulfonamides is 1. The zero-order valence-corrected chi connectivity index (χ0v) is 15.8. The van der Waals surface area contributed by atoms with Crippen molar-refractivity contribution in [2.24, 2.45) is 4.99 Å². The molecule has 0 aromatic heterocycles. The van der Waals surface area contributed by atoms with Gasteiger partial charge in [0.05, 0.1) is 5.75 Å². The second-order valence-corrected chi connectivity index (χ2v) is 9.88. The van der Waals surface area contributed by atoms with Gasteiger partial charge in [0, 0.05) is 38.5 Å². The molecule has 1 saturated heterocycles. The van der Waals surface area contributed by atoms with Crippen LogP contribution in [0.25, 0.3) is 0 Å². The highest BCUT2D eigenvalue weighted by atomic mass is 32.2. The Hall–Kier alpha value is -0.470. The van der Waals surface area contributed by atoms with Gasteiger partial charge in [-0.25, -0.2) is 12.7 Å². The molecule has 8 heteroatoms. The molecule has 1 aliphatic heterocycles. The summed E-state index contributed by atoms with van der Waals surface area (Å²) >= 11 is 2.02. The van der Waals surface area contributed by atoms with Crippen LogP contribution in [0.15, 0.2) is 4.99 Å². The van der Waals surface area contributed by atoms with Crippen molar-refractivity contribution in [2.45, 2.75) is 37.9 Å². The Labute approximate surface area is 139 Å². The van der Waals surface area contributed by atoms with Gasteiger partial charge in [0.25, 0.3) is 0 Å². The van der Waals surface area contributed by atoms with E-state index in [1.54, 1.807) is 21.0 Å². The Balaban J connectivity index is 2.24. The molecule has 22 heavy (non-hydrogen) atoms. The molecule has 1 heterocycles. The first-order chi connectivity index (χ1) is 10.3. The molecule has 6 nitrogen and oxygen atoms in total. The van der Waals surface area contributed by atoms with Crippen LogP contribution in [0.2, 0.25) is 0 Å². The molecule has 1 unspecified atom stereocenters. The van der Waals surface area contributed by atoms with E-state index in [1.165, 1.54) is 22.9 Å². The summed E-state index contributed by atoms with van der Waals surface area (Å²) in [5, 5.41) is 6.61. The third-order valence-electron chi connectivity index (χ3n) is 3.94. The summed E-state index contributed by atoms with van der Waals surface area (Å²) in [6.07, 6.45) is 3.27. The van der Waals surface area contributed by atoms with E-state index >= 15 is 0 Å². The Morgan fingerprint density at radius 2 is 2.14 bits per heavy atom. The fourth-order valence-electron chi connectivity index (χ4n) is 2.34. The first kappa shape index (κ1) is 19.6. The molecule has 0 saturated carbocycles. The molecular formula is C14H30N4O2S2. The Morgan fingerprint density at radius 3 is 2.68 bits per heavy atom. The van der Waals surface area contributed by atoms with Crippen LogP contribution >= 0.6 is 11.8 Å². The van der Waals surface area contributed by atoms with Crippen molar-refractivity contribution >= 4 is 27.7 Å². The summed E-state index contributed by atoms with van der Waals surface area (Å²) in [5.41, 5.74) is 0. The van der Waals surface area contributed by atoms with Crippen LogP contribution in [0.4, 0.5) is 0 Å². The van der Waals surface area contributed by atoms with Gasteiger partial charge in [-0.2, -0.15) is 11.8 Å². The zero-order valence-electron chi connectivity index (χ0n) is 14.2. The number of aliphatic imine (C=N–C) groups is 1. The molecule has 0 amide bonds. The summed E-state index contributed by atoms with van der Waals surface area (Å²) in [4.78, 5) is 4.22. The van der Waals surface area contributed by atoms with Gasteiger partial charge in [-0.3, -0.25) is 4.99 Å².